The van der Waals surface area contributed by atoms with E-state index in [2.05, 4.69) is 14.9 Å². The zero-order valence-corrected chi connectivity index (χ0v) is 13.0. The van der Waals surface area contributed by atoms with Crippen molar-refractivity contribution >= 4 is 33.8 Å². The second-order valence-corrected chi connectivity index (χ2v) is 6.11. The lowest BCUT2D eigenvalue weighted by molar-refractivity contribution is -0.389. The number of rotatable bonds is 3. The van der Waals surface area contributed by atoms with Crippen LogP contribution in [0.1, 0.15) is 0 Å². The van der Waals surface area contributed by atoms with Gasteiger partial charge in [-0.3, -0.25) is 0 Å². The van der Waals surface area contributed by atoms with Crippen LogP contribution in [0, 0.1) is 10.1 Å². The number of anilines is 2. The summed E-state index contributed by atoms with van der Waals surface area (Å²) in [6.07, 6.45) is 3.47. The zero-order valence-electron chi connectivity index (χ0n) is 12.2. The summed E-state index contributed by atoms with van der Waals surface area (Å²) in [6, 6.07) is 5.83. The van der Waals surface area contributed by atoms with Crippen LogP contribution < -0.4 is 9.80 Å². The molecule has 23 heavy (non-hydrogen) atoms. The predicted molar refractivity (Wildman–Crippen MR) is 88.4 cm³/mol. The summed E-state index contributed by atoms with van der Waals surface area (Å²) >= 11 is 1.40. The van der Waals surface area contributed by atoms with Crippen molar-refractivity contribution in [1.82, 2.24) is 14.4 Å². The fraction of sp³-hybridized carbons (Fsp3) is 0.286. The van der Waals surface area contributed by atoms with E-state index in [0.717, 1.165) is 18.9 Å². The van der Waals surface area contributed by atoms with Crippen molar-refractivity contribution in [3.63, 3.8) is 0 Å². The molecule has 0 radical (unpaired) electrons. The quantitative estimate of drug-likeness (QED) is 0.540. The van der Waals surface area contributed by atoms with Crippen LogP contribution in [-0.4, -0.2) is 45.5 Å². The molecule has 0 saturated carbocycles. The second kappa shape index (κ2) is 5.51. The minimum absolute atomic E-state index is 0.0486. The van der Waals surface area contributed by atoms with Gasteiger partial charge in [0.15, 0.2) is 0 Å². The van der Waals surface area contributed by atoms with Crippen molar-refractivity contribution in [2.45, 2.75) is 0 Å². The fourth-order valence-electron chi connectivity index (χ4n) is 2.83. The number of piperazine rings is 1. The van der Waals surface area contributed by atoms with Gasteiger partial charge in [-0.1, -0.05) is 17.4 Å². The molecule has 3 aromatic rings. The van der Waals surface area contributed by atoms with E-state index in [4.69, 9.17) is 0 Å². The molecule has 0 amide bonds. The third kappa shape index (κ3) is 2.38. The highest BCUT2D eigenvalue weighted by Crippen LogP contribution is 2.31. The van der Waals surface area contributed by atoms with Crippen LogP contribution >= 0.6 is 11.3 Å². The number of fused-ring (bicyclic) bond motifs is 1. The molecule has 4 heterocycles. The summed E-state index contributed by atoms with van der Waals surface area (Å²) in [5, 5.41) is 13.2. The molecule has 0 aromatic carbocycles. The first kappa shape index (κ1) is 13.9. The number of hydrogen-bond donors (Lipinski definition) is 0. The topological polar surface area (TPSA) is 79.8 Å². The van der Waals surface area contributed by atoms with Gasteiger partial charge in [0.1, 0.15) is 12.0 Å². The lowest BCUT2D eigenvalue weighted by Crippen LogP contribution is -2.47. The van der Waals surface area contributed by atoms with Gasteiger partial charge >= 0.3 is 5.82 Å². The summed E-state index contributed by atoms with van der Waals surface area (Å²) in [4.78, 5) is 24.7. The number of pyridine rings is 1. The first-order valence-electron chi connectivity index (χ1n) is 7.25. The van der Waals surface area contributed by atoms with E-state index < -0.39 is 0 Å². The van der Waals surface area contributed by atoms with Crippen molar-refractivity contribution in [2.24, 2.45) is 0 Å². The van der Waals surface area contributed by atoms with Crippen molar-refractivity contribution < 1.29 is 4.92 Å². The summed E-state index contributed by atoms with van der Waals surface area (Å²) in [7, 11) is 0. The van der Waals surface area contributed by atoms with E-state index in [1.54, 1.807) is 22.2 Å². The minimum Gasteiger partial charge on any atom is -0.358 e. The van der Waals surface area contributed by atoms with E-state index in [0.29, 0.717) is 23.9 Å². The summed E-state index contributed by atoms with van der Waals surface area (Å²) in [6.45, 7) is 2.89. The third-order valence-corrected chi connectivity index (χ3v) is 4.70. The predicted octanol–water partition coefficient (Wildman–Crippen LogP) is 2.03. The highest BCUT2D eigenvalue weighted by molar-refractivity contribution is 7.15. The number of aromatic nitrogens is 3. The maximum absolute atomic E-state index is 11.4. The lowest BCUT2D eigenvalue weighted by Gasteiger charge is -2.35. The molecule has 0 spiro atoms. The van der Waals surface area contributed by atoms with Crippen LogP contribution in [0.3, 0.4) is 0 Å². The largest absolute Gasteiger partial charge is 0.373 e. The van der Waals surface area contributed by atoms with Crippen LogP contribution in [0.5, 0.6) is 0 Å². The van der Waals surface area contributed by atoms with E-state index in [9.17, 15) is 10.1 Å². The van der Waals surface area contributed by atoms with Crippen LogP contribution in [0.2, 0.25) is 0 Å². The molecule has 4 rings (SSSR count). The minimum atomic E-state index is -0.354. The van der Waals surface area contributed by atoms with Gasteiger partial charge in [-0.15, -0.1) is 0 Å². The molecule has 0 bridgehead atoms. The summed E-state index contributed by atoms with van der Waals surface area (Å²) < 4.78 is 1.55. The first-order chi connectivity index (χ1) is 11.2. The average Bonchev–Trinajstić information content (AvgIpc) is 3.16. The second-order valence-electron chi connectivity index (χ2n) is 5.23. The lowest BCUT2D eigenvalue weighted by atomic mass is 10.3. The number of nitrogens with zero attached hydrogens (tertiary/aromatic N) is 6. The van der Waals surface area contributed by atoms with Gasteiger partial charge in [-0.2, -0.15) is 9.38 Å². The molecule has 0 unspecified atom stereocenters. The van der Waals surface area contributed by atoms with Gasteiger partial charge < -0.3 is 19.9 Å². The third-order valence-electron chi connectivity index (χ3n) is 3.94. The SMILES string of the molecule is O=[N+]([O-])c1c(N2CCN(c3ccccn3)CC2)nc2sccn12. The molecule has 118 valence electrons. The van der Waals surface area contributed by atoms with Gasteiger partial charge in [0.25, 0.3) is 4.96 Å². The van der Waals surface area contributed by atoms with Crippen molar-refractivity contribution in [3.8, 4) is 0 Å². The Labute approximate surface area is 135 Å². The number of nitro groups is 1. The Kier molecular flexibility index (Phi) is 3.34. The maximum atomic E-state index is 11.4. The molecule has 1 fully saturated rings. The normalized spacial score (nSPS) is 15.3. The van der Waals surface area contributed by atoms with Gasteiger partial charge in [-0.05, 0) is 17.1 Å². The van der Waals surface area contributed by atoms with Gasteiger partial charge in [0.2, 0.25) is 5.82 Å². The smallest absolute Gasteiger partial charge is 0.358 e. The molecule has 1 saturated heterocycles. The zero-order chi connectivity index (χ0) is 15.8. The number of thiazole rings is 1. The van der Waals surface area contributed by atoms with E-state index in [1.165, 1.54) is 11.3 Å². The molecule has 9 heteroatoms. The summed E-state index contributed by atoms with van der Waals surface area (Å²) in [5.74, 6) is 1.45. The van der Waals surface area contributed by atoms with Crippen LogP contribution in [0.25, 0.3) is 4.96 Å². The van der Waals surface area contributed by atoms with E-state index in [-0.39, 0.29) is 10.7 Å². The summed E-state index contributed by atoms with van der Waals surface area (Å²) in [5.41, 5.74) is 0. The Balaban J connectivity index is 1.58. The molecule has 3 aromatic heterocycles. The first-order valence-corrected chi connectivity index (χ1v) is 8.13. The van der Waals surface area contributed by atoms with Crippen molar-refractivity contribution in [3.05, 3.63) is 46.1 Å². The van der Waals surface area contributed by atoms with Gasteiger partial charge in [0, 0.05) is 37.8 Å². The molecule has 8 nitrogen and oxygen atoms in total. The van der Waals surface area contributed by atoms with E-state index >= 15 is 0 Å². The molecule has 0 N–H and O–H groups in total. The fourth-order valence-corrected chi connectivity index (χ4v) is 3.54. The molecular weight excluding hydrogens is 316 g/mol. The number of imidazole rings is 1. The van der Waals surface area contributed by atoms with Crippen LogP contribution in [0.15, 0.2) is 36.0 Å². The van der Waals surface area contributed by atoms with Crippen LogP contribution in [-0.2, 0) is 0 Å². The molecule has 1 aliphatic heterocycles. The molecule has 0 atom stereocenters. The molecule has 0 aliphatic carbocycles. The van der Waals surface area contributed by atoms with Gasteiger partial charge in [-0.25, -0.2) is 4.98 Å². The monoisotopic (exact) mass is 330 g/mol. The molecular formula is C14H14N6O2S. The van der Waals surface area contributed by atoms with Crippen molar-refractivity contribution in [2.75, 3.05) is 36.0 Å². The molecule has 1 aliphatic rings. The Morgan fingerprint density at radius 3 is 2.65 bits per heavy atom. The Bertz CT molecular complexity index is 837. The number of hydrogen-bond acceptors (Lipinski definition) is 7. The van der Waals surface area contributed by atoms with E-state index in [1.807, 2.05) is 23.1 Å². The van der Waals surface area contributed by atoms with Crippen molar-refractivity contribution in [1.29, 1.82) is 0 Å². The maximum Gasteiger partial charge on any atom is 0.373 e. The average molecular weight is 330 g/mol. The van der Waals surface area contributed by atoms with Crippen LogP contribution in [0.4, 0.5) is 17.5 Å². The standard InChI is InChI=1S/C14H14N6O2S/c21-20(22)13-12(16-14-19(13)9-10-23-14)18-7-5-17(6-8-18)11-3-1-2-4-15-11/h1-4,9-10H,5-8H2. The Hall–Kier alpha value is -2.68. The Morgan fingerprint density at radius 2 is 1.96 bits per heavy atom. The highest BCUT2D eigenvalue weighted by atomic mass is 32.1. The van der Waals surface area contributed by atoms with Gasteiger partial charge in [0.05, 0.1) is 0 Å². The highest BCUT2D eigenvalue weighted by Gasteiger charge is 2.30. The Morgan fingerprint density at radius 1 is 1.17 bits per heavy atom.